The number of hydrogen-bond acceptors (Lipinski definition) is 1. The average Bonchev–Trinajstić information content (AvgIpc) is 2.48. The first kappa shape index (κ1) is 13.9. The molecule has 2 aromatic rings. The second-order valence-corrected chi connectivity index (χ2v) is 7.79. The molecule has 0 heterocycles. The van der Waals surface area contributed by atoms with Gasteiger partial charge in [0.15, 0.2) is 0 Å². The summed E-state index contributed by atoms with van der Waals surface area (Å²) >= 11 is -2.08. The molecule has 0 amide bonds. The van der Waals surface area contributed by atoms with Crippen molar-refractivity contribution in [2.45, 2.75) is 19.3 Å². The molecule has 0 spiro atoms. The Hall–Kier alpha value is -1.50. The summed E-state index contributed by atoms with van der Waals surface area (Å²) in [6.45, 7) is 4.01. The average molecular weight is 317 g/mol. The summed E-state index contributed by atoms with van der Waals surface area (Å²) in [6, 6.07) is 20.1. The van der Waals surface area contributed by atoms with Gasteiger partial charge in [0.2, 0.25) is 0 Å². The Labute approximate surface area is 119 Å². The third-order valence-corrected chi connectivity index (χ3v) is 5.98. The molecule has 0 aromatic heterocycles. The van der Waals surface area contributed by atoms with Gasteiger partial charge in [-0.05, 0) is 0 Å². The van der Waals surface area contributed by atoms with Crippen LogP contribution in [-0.2, 0) is 10.3 Å². The molecule has 98 valence electrons. The standard InChI is InChI=1S/C17H18OSe/c1-15(19(18)17-13-6-3-7-14-17)9-8-12-16-10-4-2-5-11-16/h2-7,10-11,13-14H,1,8-9,12H2. The number of aryl methyl sites for hydroxylation is 1. The molecular weight excluding hydrogens is 299 g/mol. The molecule has 0 aliphatic rings. The molecule has 2 rings (SSSR count). The van der Waals surface area contributed by atoms with Gasteiger partial charge in [-0.1, -0.05) is 0 Å². The van der Waals surface area contributed by atoms with Crippen molar-refractivity contribution >= 4 is 18.3 Å². The molecule has 0 saturated carbocycles. The molecular formula is C17H18OSe. The van der Waals surface area contributed by atoms with E-state index in [9.17, 15) is 3.83 Å². The summed E-state index contributed by atoms with van der Waals surface area (Å²) < 4.78 is 14.1. The van der Waals surface area contributed by atoms with Gasteiger partial charge in [-0.25, -0.2) is 0 Å². The Kier molecular flexibility index (Phi) is 5.26. The second-order valence-electron chi connectivity index (χ2n) is 4.46. The SMILES string of the molecule is C=C(CCCc1ccccc1)[Se](=O)c1ccccc1. The summed E-state index contributed by atoms with van der Waals surface area (Å²) in [5.74, 6) is 0. The normalized spacial score (nSPS) is 12.0. The van der Waals surface area contributed by atoms with E-state index >= 15 is 0 Å². The van der Waals surface area contributed by atoms with E-state index in [1.807, 2.05) is 36.4 Å². The van der Waals surface area contributed by atoms with Crippen LogP contribution in [0.2, 0.25) is 0 Å². The van der Waals surface area contributed by atoms with Crippen molar-refractivity contribution < 1.29 is 3.83 Å². The molecule has 0 fully saturated rings. The fourth-order valence-electron chi connectivity index (χ4n) is 1.94. The molecule has 1 atom stereocenters. The van der Waals surface area contributed by atoms with E-state index in [1.54, 1.807) is 0 Å². The molecule has 1 nitrogen and oxygen atoms in total. The predicted octanol–water partition coefficient (Wildman–Crippen LogP) is 3.43. The zero-order valence-electron chi connectivity index (χ0n) is 10.9. The zero-order chi connectivity index (χ0) is 13.5. The van der Waals surface area contributed by atoms with Gasteiger partial charge < -0.3 is 0 Å². The predicted molar refractivity (Wildman–Crippen MR) is 81.0 cm³/mol. The minimum atomic E-state index is -2.08. The Morgan fingerprint density at radius 1 is 0.947 bits per heavy atom. The van der Waals surface area contributed by atoms with E-state index in [-0.39, 0.29) is 0 Å². The van der Waals surface area contributed by atoms with Gasteiger partial charge in [-0.3, -0.25) is 0 Å². The van der Waals surface area contributed by atoms with Crippen molar-refractivity contribution in [1.82, 2.24) is 0 Å². The fraction of sp³-hybridized carbons (Fsp3) is 0.176. The van der Waals surface area contributed by atoms with Crippen molar-refractivity contribution in [2.24, 2.45) is 0 Å². The molecule has 1 unspecified atom stereocenters. The first-order valence-corrected chi connectivity index (χ1v) is 8.87. The number of allylic oxidation sites excluding steroid dienone is 1. The Balaban J connectivity index is 1.84. The van der Waals surface area contributed by atoms with Gasteiger partial charge >= 0.3 is 119 Å². The number of hydrogen-bond donors (Lipinski definition) is 0. The minimum absolute atomic E-state index is 0.845. The summed E-state index contributed by atoms with van der Waals surface area (Å²) in [5, 5.41) is 0. The number of rotatable bonds is 6. The Bertz CT molecular complexity index is 546. The van der Waals surface area contributed by atoms with Crippen molar-refractivity contribution in [3.05, 3.63) is 77.3 Å². The van der Waals surface area contributed by atoms with Gasteiger partial charge in [-0.2, -0.15) is 0 Å². The van der Waals surface area contributed by atoms with Gasteiger partial charge in [0, 0.05) is 0 Å². The maximum atomic E-state index is 12.3. The first-order valence-electron chi connectivity index (χ1n) is 6.46. The maximum absolute atomic E-state index is 12.3. The van der Waals surface area contributed by atoms with Crippen LogP contribution in [0.1, 0.15) is 18.4 Å². The van der Waals surface area contributed by atoms with Crippen molar-refractivity contribution in [1.29, 1.82) is 0 Å². The van der Waals surface area contributed by atoms with Crippen molar-refractivity contribution in [3.8, 4) is 0 Å². The first-order chi connectivity index (χ1) is 9.27. The van der Waals surface area contributed by atoms with Crippen LogP contribution in [0.5, 0.6) is 0 Å². The molecule has 0 N–H and O–H groups in total. The fourth-order valence-corrected chi connectivity index (χ4v) is 4.18. The topological polar surface area (TPSA) is 17.1 Å². The molecule has 2 aromatic carbocycles. The summed E-state index contributed by atoms with van der Waals surface area (Å²) in [5.41, 5.74) is 1.33. The zero-order valence-corrected chi connectivity index (χ0v) is 12.6. The second kappa shape index (κ2) is 7.18. The van der Waals surface area contributed by atoms with Crippen LogP contribution < -0.4 is 4.46 Å². The molecule has 0 aliphatic carbocycles. The van der Waals surface area contributed by atoms with Crippen LogP contribution in [0.3, 0.4) is 0 Å². The van der Waals surface area contributed by atoms with E-state index in [1.165, 1.54) is 5.56 Å². The van der Waals surface area contributed by atoms with Crippen LogP contribution in [-0.4, -0.2) is 13.8 Å². The van der Waals surface area contributed by atoms with Gasteiger partial charge in [0.1, 0.15) is 0 Å². The quantitative estimate of drug-likeness (QED) is 0.746. The Morgan fingerprint density at radius 2 is 1.53 bits per heavy atom. The third kappa shape index (κ3) is 4.27. The van der Waals surface area contributed by atoms with Crippen LogP contribution in [0, 0.1) is 0 Å². The van der Waals surface area contributed by atoms with Crippen LogP contribution in [0.15, 0.2) is 71.7 Å². The molecule has 2 heteroatoms. The third-order valence-electron chi connectivity index (χ3n) is 2.98. The van der Waals surface area contributed by atoms with E-state index in [0.29, 0.717) is 0 Å². The summed E-state index contributed by atoms with van der Waals surface area (Å²) in [7, 11) is 0. The Morgan fingerprint density at radius 3 is 2.16 bits per heavy atom. The van der Waals surface area contributed by atoms with E-state index in [2.05, 4.69) is 30.8 Å². The van der Waals surface area contributed by atoms with Crippen LogP contribution in [0.25, 0.3) is 0 Å². The van der Waals surface area contributed by atoms with Crippen molar-refractivity contribution in [3.63, 3.8) is 0 Å². The number of benzene rings is 2. The van der Waals surface area contributed by atoms with E-state index in [4.69, 9.17) is 0 Å². The summed E-state index contributed by atoms with van der Waals surface area (Å²) in [4.78, 5) is 0. The van der Waals surface area contributed by atoms with E-state index < -0.39 is 13.8 Å². The van der Waals surface area contributed by atoms with Crippen LogP contribution in [0.4, 0.5) is 0 Å². The van der Waals surface area contributed by atoms with Gasteiger partial charge in [-0.15, -0.1) is 0 Å². The monoisotopic (exact) mass is 318 g/mol. The summed E-state index contributed by atoms with van der Waals surface area (Å²) in [6.07, 6.45) is 2.88. The molecule has 0 radical (unpaired) electrons. The van der Waals surface area contributed by atoms with Gasteiger partial charge in [0.25, 0.3) is 0 Å². The van der Waals surface area contributed by atoms with Gasteiger partial charge in [0.05, 0.1) is 0 Å². The van der Waals surface area contributed by atoms with Crippen molar-refractivity contribution in [2.75, 3.05) is 0 Å². The van der Waals surface area contributed by atoms with Crippen LogP contribution >= 0.6 is 0 Å². The molecule has 0 saturated heterocycles. The molecule has 0 bridgehead atoms. The molecule has 19 heavy (non-hydrogen) atoms. The molecule has 0 aliphatic heterocycles. The van der Waals surface area contributed by atoms with E-state index in [0.717, 1.165) is 28.2 Å².